The van der Waals surface area contributed by atoms with Crippen molar-refractivity contribution in [2.75, 3.05) is 6.54 Å². The lowest BCUT2D eigenvalue weighted by atomic mass is 9.96. The van der Waals surface area contributed by atoms with Gasteiger partial charge in [-0.25, -0.2) is 0 Å². The molecule has 0 saturated heterocycles. The van der Waals surface area contributed by atoms with E-state index in [-0.39, 0.29) is 23.3 Å². The zero-order valence-corrected chi connectivity index (χ0v) is 10.6. The molecule has 4 nitrogen and oxygen atoms in total. The summed E-state index contributed by atoms with van der Waals surface area (Å²) in [5, 5.41) is 22.3. The van der Waals surface area contributed by atoms with Crippen LogP contribution >= 0.6 is 0 Å². The number of fused-ring (bicyclic) bond motifs is 1. The van der Waals surface area contributed by atoms with Gasteiger partial charge in [-0.05, 0) is 36.8 Å². The van der Waals surface area contributed by atoms with E-state index < -0.39 is 0 Å². The summed E-state index contributed by atoms with van der Waals surface area (Å²) in [7, 11) is 0. The maximum atomic E-state index is 11.2. The monoisotopic (exact) mass is 249 g/mol. The van der Waals surface area contributed by atoms with Crippen LogP contribution in [0.4, 0.5) is 0 Å². The van der Waals surface area contributed by atoms with Crippen LogP contribution in [0, 0.1) is 0 Å². The summed E-state index contributed by atoms with van der Waals surface area (Å²) in [5.41, 5.74) is 1.97. The van der Waals surface area contributed by atoms with Crippen LogP contribution in [0.1, 0.15) is 43.2 Å². The predicted octanol–water partition coefficient (Wildman–Crippen LogP) is 2.04. The highest BCUT2D eigenvalue weighted by Crippen LogP contribution is 2.44. The topological polar surface area (TPSA) is 69.6 Å². The molecule has 0 radical (unpaired) electrons. The molecule has 98 valence electrons. The SMILES string of the molecule is CCC(=O)NCC[C@@H]1CCc2ccc(O)c(O)c21. The molecule has 4 heteroatoms. The number of hydrogen-bond donors (Lipinski definition) is 3. The van der Waals surface area contributed by atoms with Gasteiger partial charge >= 0.3 is 0 Å². The summed E-state index contributed by atoms with van der Waals surface area (Å²) in [5.74, 6) is 0.229. The number of benzene rings is 1. The van der Waals surface area contributed by atoms with Crippen molar-refractivity contribution >= 4 is 5.91 Å². The van der Waals surface area contributed by atoms with E-state index in [1.165, 1.54) is 6.07 Å². The number of hydrogen-bond acceptors (Lipinski definition) is 3. The molecule has 1 amide bonds. The normalized spacial score (nSPS) is 17.5. The van der Waals surface area contributed by atoms with Gasteiger partial charge in [0, 0.05) is 18.5 Å². The molecule has 1 aromatic carbocycles. The van der Waals surface area contributed by atoms with E-state index in [2.05, 4.69) is 5.32 Å². The van der Waals surface area contributed by atoms with E-state index in [0.717, 1.165) is 30.4 Å². The molecule has 0 aromatic heterocycles. The second-order valence-corrected chi connectivity index (χ2v) is 4.73. The first-order valence-electron chi connectivity index (χ1n) is 6.43. The Balaban J connectivity index is 2.03. The third-order valence-electron chi connectivity index (χ3n) is 3.59. The summed E-state index contributed by atoms with van der Waals surface area (Å²) in [6, 6.07) is 3.41. The van der Waals surface area contributed by atoms with Crippen molar-refractivity contribution in [1.82, 2.24) is 5.32 Å². The Morgan fingerprint density at radius 3 is 2.94 bits per heavy atom. The Bertz CT molecular complexity index is 457. The zero-order chi connectivity index (χ0) is 13.1. The molecule has 3 N–H and O–H groups in total. The fourth-order valence-corrected chi connectivity index (χ4v) is 2.59. The van der Waals surface area contributed by atoms with Crippen molar-refractivity contribution in [3.63, 3.8) is 0 Å². The highest BCUT2D eigenvalue weighted by Gasteiger charge is 2.26. The number of phenols is 2. The van der Waals surface area contributed by atoms with Gasteiger partial charge in [-0.15, -0.1) is 0 Å². The Morgan fingerprint density at radius 1 is 1.44 bits per heavy atom. The van der Waals surface area contributed by atoms with Crippen molar-refractivity contribution in [2.45, 2.75) is 38.5 Å². The van der Waals surface area contributed by atoms with Crippen molar-refractivity contribution in [2.24, 2.45) is 0 Å². The fraction of sp³-hybridized carbons (Fsp3) is 0.500. The minimum atomic E-state index is -0.0572. The molecule has 2 rings (SSSR count). The standard InChI is InChI=1S/C14H19NO3/c1-2-12(17)15-8-7-10-4-3-9-5-6-11(16)14(18)13(9)10/h5-6,10,16,18H,2-4,7-8H2,1H3,(H,15,17)/t10-/m0/s1. The first kappa shape index (κ1) is 12.7. The lowest BCUT2D eigenvalue weighted by Gasteiger charge is -2.14. The smallest absolute Gasteiger partial charge is 0.219 e. The summed E-state index contributed by atoms with van der Waals surface area (Å²) in [4.78, 5) is 11.2. The largest absolute Gasteiger partial charge is 0.504 e. The lowest BCUT2D eigenvalue weighted by Crippen LogP contribution is -2.24. The molecule has 1 atom stereocenters. The summed E-state index contributed by atoms with van der Waals surface area (Å²) < 4.78 is 0. The maximum absolute atomic E-state index is 11.2. The van der Waals surface area contributed by atoms with Crippen molar-refractivity contribution in [3.05, 3.63) is 23.3 Å². The third kappa shape index (κ3) is 2.42. The van der Waals surface area contributed by atoms with Crippen LogP contribution in [0.25, 0.3) is 0 Å². The molecule has 1 aliphatic rings. The number of carbonyl (C=O) groups excluding carboxylic acids is 1. The van der Waals surface area contributed by atoms with E-state index in [1.54, 1.807) is 0 Å². The minimum Gasteiger partial charge on any atom is -0.504 e. The number of amides is 1. The van der Waals surface area contributed by atoms with Gasteiger partial charge in [0.25, 0.3) is 0 Å². The summed E-state index contributed by atoms with van der Waals surface area (Å²) in [6.07, 6.45) is 3.19. The Hall–Kier alpha value is -1.71. The van der Waals surface area contributed by atoms with Crippen LogP contribution in [0.15, 0.2) is 12.1 Å². The number of carbonyl (C=O) groups is 1. The third-order valence-corrected chi connectivity index (χ3v) is 3.59. The Morgan fingerprint density at radius 2 is 2.22 bits per heavy atom. The van der Waals surface area contributed by atoms with Gasteiger partial charge in [0.2, 0.25) is 5.91 Å². The summed E-state index contributed by atoms with van der Waals surface area (Å²) >= 11 is 0. The highest BCUT2D eigenvalue weighted by atomic mass is 16.3. The Kier molecular flexibility index (Phi) is 3.75. The maximum Gasteiger partial charge on any atom is 0.219 e. The molecule has 0 bridgehead atoms. The lowest BCUT2D eigenvalue weighted by molar-refractivity contribution is -0.120. The highest BCUT2D eigenvalue weighted by molar-refractivity contribution is 5.75. The van der Waals surface area contributed by atoms with Crippen molar-refractivity contribution in [3.8, 4) is 11.5 Å². The number of aryl methyl sites for hydroxylation is 1. The molecular formula is C14H19NO3. The molecule has 1 aromatic rings. The van der Waals surface area contributed by atoms with Crippen LogP contribution in [0.5, 0.6) is 11.5 Å². The first-order valence-corrected chi connectivity index (χ1v) is 6.43. The molecule has 0 heterocycles. The first-order chi connectivity index (χ1) is 8.63. The molecule has 0 fully saturated rings. The van der Waals surface area contributed by atoms with Crippen molar-refractivity contribution in [1.29, 1.82) is 0 Å². The van der Waals surface area contributed by atoms with Gasteiger partial charge in [-0.1, -0.05) is 13.0 Å². The number of aromatic hydroxyl groups is 2. The average molecular weight is 249 g/mol. The predicted molar refractivity (Wildman–Crippen MR) is 68.8 cm³/mol. The second-order valence-electron chi connectivity index (χ2n) is 4.73. The molecule has 0 spiro atoms. The molecule has 0 unspecified atom stereocenters. The Labute approximate surface area is 107 Å². The second kappa shape index (κ2) is 5.29. The van der Waals surface area contributed by atoms with Crippen LogP contribution in [0.2, 0.25) is 0 Å². The van der Waals surface area contributed by atoms with Crippen LogP contribution in [-0.4, -0.2) is 22.7 Å². The van der Waals surface area contributed by atoms with Gasteiger partial charge in [0.15, 0.2) is 11.5 Å². The molecule has 18 heavy (non-hydrogen) atoms. The number of nitrogens with one attached hydrogen (secondary N) is 1. The number of phenolic OH excluding ortho intramolecular Hbond substituents is 2. The van der Waals surface area contributed by atoms with Crippen LogP contribution in [-0.2, 0) is 11.2 Å². The molecule has 0 aliphatic heterocycles. The molecule has 1 aliphatic carbocycles. The van der Waals surface area contributed by atoms with E-state index in [4.69, 9.17) is 0 Å². The average Bonchev–Trinajstić information content (AvgIpc) is 2.77. The van der Waals surface area contributed by atoms with E-state index in [1.807, 2.05) is 13.0 Å². The van der Waals surface area contributed by atoms with E-state index >= 15 is 0 Å². The van der Waals surface area contributed by atoms with E-state index in [9.17, 15) is 15.0 Å². The summed E-state index contributed by atoms with van der Waals surface area (Å²) in [6.45, 7) is 2.44. The quantitative estimate of drug-likeness (QED) is 0.715. The fourth-order valence-electron chi connectivity index (χ4n) is 2.59. The van der Waals surface area contributed by atoms with Crippen LogP contribution < -0.4 is 5.32 Å². The van der Waals surface area contributed by atoms with Gasteiger partial charge < -0.3 is 15.5 Å². The minimum absolute atomic E-state index is 0.0109. The van der Waals surface area contributed by atoms with Crippen molar-refractivity contribution < 1.29 is 15.0 Å². The number of rotatable bonds is 4. The van der Waals surface area contributed by atoms with Gasteiger partial charge in [0.05, 0.1) is 0 Å². The van der Waals surface area contributed by atoms with Crippen LogP contribution in [0.3, 0.4) is 0 Å². The molecule has 0 saturated carbocycles. The van der Waals surface area contributed by atoms with Gasteiger partial charge in [-0.2, -0.15) is 0 Å². The van der Waals surface area contributed by atoms with E-state index in [0.29, 0.717) is 13.0 Å². The molecular weight excluding hydrogens is 230 g/mol. The van der Waals surface area contributed by atoms with Gasteiger partial charge in [-0.3, -0.25) is 4.79 Å². The zero-order valence-electron chi connectivity index (χ0n) is 10.6. The van der Waals surface area contributed by atoms with Gasteiger partial charge in [0.1, 0.15) is 0 Å².